The average Bonchev–Trinajstić information content (AvgIpc) is 3.19. The monoisotopic (exact) mass is 423 g/mol. The third-order valence-electron chi connectivity index (χ3n) is 4.55. The van der Waals surface area contributed by atoms with Gasteiger partial charge in [0.2, 0.25) is 0 Å². The Morgan fingerprint density at radius 2 is 1.55 bits per heavy atom. The Hall–Kier alpha value is -3.09. The molecular weight excluding hydrogens is 406 g/mol. The van der Waals surface area contributed by atoms with Crippen LogP contribution in [0.2, 0.25) is 5.02 Å². The Balaban J connectivity index is 1.85. The summed E-state index contributed by atoms with van der Waals surface area (Å²) in [6, 6.07) is 23.7. The van der Waals surface area contributed by atoms with Gasteiger partial charge in [-0.3, -0.25) is 4.72 Å². The fraction of sp³-hybridized carbons (Fsp3) is 0.0455. The molecule has 0 bridgehead atoms. The number of nitrogens with one attached hydrogen (secondary N) is 1. The zero-order valence-corrected chi connectivity index (χ0v) is 17.2. The zero-order valence-electron chi connectivity index (χ0n) is 15.6. The van der Waals surface area contributed by atoms with Crippen LogP contribution in [0.3, 0.4) is 0 Å². The summed E-state index contributed by atoms with van der Waals surface area (Å²) in [4.78, 5) is 0.0897. The Morgan fingerprint density at radius 3 is 2.24 bits per heavy atom. The van der Waals surface area contributed by atoms with Crippen molar-refractivity contribution in [2.24, 2.45) is 0 Å². The second kappa shape index (κ2) is 7.73. The predicted molar refractivity (Wildman–Crippen MR) is 116 cm³/mol. The molecule has 0 aliphatic heterocycles. The summed E-state index contributed by atoms with van der Waals surface area (Å²) in [6.07, 6.45) is 1.53. The maximum absolute atomic E-state index is 13.3. The second-order valence-electron chi connectivity index (χ2n) is 6.51. The molecule has 0 aliphatic carbocycles. The van der Waals surface area contributed by atoms with Crippen LogP contribution in [-0.4, -0.2) is 18.2 Å². The molecule has 0 aliphatic rings. The molecule has 4 rings (SSSR count). The Labute approximate surface area is 174 Å². The van der Waals surface area contributed by atoms with Crippen LogP contribution in [0.4, 0.5) is 5.69 Å². The molecule has 0 unspecified atom stereocenters. The second-order valence-corrected chi connectivity index (χ2v) is 8.56. The van der Waals surface area contributed by atoms with Crippen LogP contribution in [-0.2, 0) is 10.0 Å². The van der Waals surface area contributed by atoms with Gasteiger partial charge in [-0.15, -0.1) is 0 Å². The molecule has 1 N–H and O–H groups in total. The van der Waals surface area contributed by atoms with Gasteiger partial charge in [-0.2, -0.15) is 5.10 Å². The summed E-state index contributed by atoms with van der Waals surface area (Å²) in [6.45, 7) is 1.77. The fourth-order valence-corrected chi connectivity index (χ4v) is 4.43. The van der Waals surface area contributed by atoms with E-state index in [1.165, 1.54) is 6.20 Å². The van der Waals surface area contributed by atoms with Gasteiger partial charge < -0.3 is 0 Å². The summed E-state index contributed by atoms with van der Waals surface area (Å²) in [7, 11) is -3.91. The lowest BCUT2D eigenvalue weighted by Crippen LogP contribution is -2.14. The van der Waals surface area contributed by atoms with Crippen LogP contribution in [0.25, 0.3) is 16.9 Å². The van der Waals surface area contributed by atoms with Crippen LogP contribution < -0.4 is 4.72 Å². The summed E-state index contributed by atoms with van der Waals surface area (Å²) in [5.74, 6) is 0. The average molecular weight is 424 g/mol. The lowest BCUT2D eigenvalue weighted by Gasteiger charge is -2.11. The van der Waals surface area contributed by atoms with Gasteiger partial charge in [0.15, 0.2) is 0 Å². The highest BCUT2D eigenvalue weighted by Crippen LogP contribution is 2.30. The van der Waals surface area contributed by atoms with Gasteiger partial charge in [0.05, 0.1) is 17.6 Å². The third-order valence-corrected chi connectivity index (χ3v) is 6.33. The fourth-order valence-electron chi connectivity index (χ4n) is 2.98. The SMILES string of the molecule is Cc1c(Cl)cccc1NS(=O)(=O)c1cn(-c2ccccc2)nc1-c1ccccc1. The van der Waals surface area contributed by atoms with Gasteiger partial charge in [0.1, 0.15) is 10.6 Å². The molecule has 0 amide bonds. The highest BCUT2D eigenvalue weighted by molar-refractivity contribution is 7.92. The number of anilines is 1. The van der Waals surface area contributed by atoms with Gasteiger partial charge in [-0.25, -0.2) is 13.1 Å². The first-order valence-electron chi connectivity index (χ1n) is 8.94. The predicted octanol–water partition coefficient (Wildman–Crippen LogP) is 5.30. The molecule has 0 spiro atoms. The Bertz CT molecular complexity index is 1250. The molecule has 1 heterocycles. The van der Waals surface area contributed by atoms with E-state index < -0.39 is 10.0 Å². The molecule has 7 heteroatoms. The van der Waals surface area contributed by atoms with Crippen LogP contribution in [0.1, 0.15) is 5.56 Å². The van der Waals surface area contributed by atoms with Crippen LogP contribution in [0.15, 0.2) is 90.0 Å². The van der Waals surface area contributed by atoms with E-state index in [9.17, 15) is 8.42 Å². The van der Waals surface area contributed by atoms with Crippen molar-refractivity contribution in [1.29, 1.82) is 0 Å². The molecule has 0 saturated carbocycles. The van der Waals surface area contributed by atoms with E-state index in [0.29, 0.717) is 27.5 Å². The summed E-state index contributed by atoms with van der Waals surface area (Å²) >= 11 is 6.15. The Morgan fingerprint density at radius 1 is 0.897 bits per heavy atom. The quantitative estimate of drug-likeness (QED) is 0.473. The number of rotatable bonds is 5. The zero-order chi connectivity index (χ0) is 20.4. The van der Waals surface area contributed by atoms with E-state index >= 15 is 0 Å². The summed E-state index contributed by atoms with van der Waals surface area (Å²) in [5, 5.41) is 5.06. The van der Waals surface area contributed by atoms with Crippen molar-refractivity contribution < 1.29 is 8.42 Å². The van der Waals surface area contributed by atoms with Gasteiger partial charge in [-0.1, -0.05) is 66.2 Å². The minimum atomic E-state index is -3.91. The Kier molecular flexibility index (Phi) is 5.13. The smallest absolute Gasteiger partial charge is 0.265 e. The van der Waals surface area contributed by atoms with E-state index in [4.69, 9.17) is 11.6 Å². The molecule has 1 aromatic heterocycles. The number of para-hydroxylation sites is 1. The number of hydrogen-bond donors (Lipinski definition) is 1. The maximum atomic E-state index is 13.3. The maximum Gasteiger partial charge on any atom is 0.265 e. The first-order valence-corrected chi connectivity index (χ1v) is 10.8. The topological polar surface area (TPSA) is 64.0 Å². The largest absolute Gasteiger partial charge is 0.279 e. The van der Waals surface area contributed by atoms with Crippen molar-refractivity contribution in [2.75, 3.05) is 4.72 Å². The van der Waals surface area contributed by atoms with Gasteiger partial charge in [0, 0.05) is 10.6 Å². The number of nitrogens with zero attached hydrogens (tertiary/aromatic N) is 2. The number of aromatic nitrogens is 2. The number of hydrogen-bond acceptors (Lipinski definition) is 3. The van der Waals surface area contributed by atoms with Crippen molar-refractivity contribution in [1.82, 2.24) is 9.78 Å². The minimum absolute atomic E-state index is 0.0897. The highest BCUT2D eigenvalue weighted by atomic mass is 35.5. The van der Waals surface area contributed by atoms with Crippen LogP contribution in [0, 0.1) is 6.92 Å². The lowest BCUT2D eigenvalue weighted by molar-refractivity contribution is 0.601. The van der Waals surface area contributed by atoms with Crippen LogP contribution in [0.5, 0.6) is 0 Å². The van der Waals surface area contributed by atoms with Crippen molar-refractivity contribution in [3.63, 3.8) is 0 Å². The molecule has 0 radical (unpaired) electrons. The minimum Gasteiger partial charge on any atom is -0.279 e. The van der Waals surface area contributed by atoms with E-state index in [1.54, 1.807) is 29.8 Å². The van der Waals surface area contributed by atoms with Crippen molar-refractivity contribution in [3.05, 3.63) is 95.6 Å². The van der Waals surface area contributed by atoms with E-state index in [2.05, 4.69) is 9.82 Å². The van der Waals surface area contributed by atoms with Gasteiger partial charge in [0.25, 0.3) is 10.0 Å². The number of sulfonamides is 1. The highest BCUT2D eigenvalue weighted by Gasteiger charge is 2.25. The third kappa shape index (κ3) is 3.90. The molecule has 0 saturated heterocycles. The normalized spacial score (nSPS) is 11.4. The first-order chi connectivity index (χ1) is 14.0. The summed E-state index contributed by atoms with van der Waals surface area (Å²) < 4.78 is 30.8. The standard InChI is InChI=1S/C22H18ClN3O2S/c1-16-19(23)13-8-14-20(16)25-29(27,28)21-15-26(18-11-6-3-7-12-18)24-22(21)17-9-4-2-5-10-17/h2-15,25H,1H3. The van der Waals surface area contributed by atoms with Gasteiger partial charge in [-0.05, 0) is 36.8 Å². The molecular formula is C22H18ClN3O2S. The first kappa shape index (κ1) is 19.2. The number of halogens is 1. The molecule has 0 fully saturated rings. The molecule has 5 nitrogen and oxygen atoms in total. The van der Waals surface area contributed by atoms with E-state index in [-0.39, 0.29) is 4.90 Å². The van der Waals surface area contributed by atoms with E-state index in [1.807, 2.05) is 60.7 Å². The lowest BCUT2D eigenvalue weighted by atomic mass is 10.2. The van der Waals surface area contributed by atoms with E-state index in [0.717, 1.165) is 5.69 Å². The molecule has 3 aromatic carbocycles. The van der Waals surface area contributed by atoms with Crippen molar-refractivity contribution in [3.8, 4) is 16.9 Å². The molecule has 29 heavy (non-hydrogen) atoms. The summed E-state index contributed by atoms with van der Waals surface area (Å²) in [5.41, 5.74) is 2.95. The molecule has 4 aromatic rings. The van der Waals surface area contributed by atoms with Crippen LogP contribution >= 0.6 is 11.6 Å². The van der Waals surface area contributed by atoms with Crippen molar-refractivity contribution >= 4 is 27.3 Å². The number of benzene rings is 3. The molecule has 0 atom stereocenters. The van der Waals surface area contributed by atoms with Gasteiger partial charge >= 0.3 is 0 Å². The molecule has 146 valence electrons. The van der Waals surface area contributed by atoms with Crippen molar-refractivity contribution in [2.45, 2.75) is 11.8 Å².